The van der Waals surface area contributed by atoms with Crippen molar-refractivity contribution in [1.29, 1.82) is 0 Å². The van der Waals surface area contributed by atoms with Crippen LogP contribution >= 0.6 is 0 Å². The van der Waals surface area contributed by atoms with E-state index in [2.05, 4.69) is 20.9 Å². The Balaban J connectivity index is 0.922. The lowest BCUT2D eigenvalue weighted by Gasteiger charge is -2.21. The minimum atomic E-state index is -0.858. The topological polar surface area (TPSA) is 204 Å². The van der Waals surface area contributed by atoms with Crippen LogP contribution in [0.2, 0.25) is 0 Å². The van der Waals surface area contributed by atoms with Crippen molar-refractivity contribution in [3.8, 4) is 5.75 Å². The monoisotopic (exact) mass is 684 g/mol. The minimum Gasteiger partial charge on any atom is -0.491 e. The zero-order valence-corrected chi connectivity index (χ0v) is 27.4. The maximum atomic E-state index is 13.0. The van der Waals surface area contributed by atoms with E-state index in [1.54, 1.807) is 36.4 Å². The maximum absolute atomic E-state index is 13.0. The normalized spacial score (nSPS) is 14.6. The molecule has 4 N–H and O–H groups in total. The van der Waals surface area contributed by atoms with E-state index < -0.39 is 23.4 Å². The highest BCUT2D eigenvalue weighted by molar-refractivity contribution is 5.99. The number of primary amides is 1. The van der Waals surface area contributed by atoms with E-state index in [0.29, 0.717) is 101 Å². The lowest BCUT2D eigenvalue weighted by atomic mass is 10.1. The summed E-state index contributed by atoms with van der Waals surface area (Å²) in [4.78, 5) is 47.7. The second kappa shape index (κ2) is 20.8. The first kappa shape index (κ1) is 37.3. The summed E-state index contributed by atoms with van der Waals surface area (Å²) in [6, 6.07) is 11.0. The van der Waals surface area contributed by atoms with Gasteiger partial charge in [-0.25, -0.2) is 0 Å². The molecule has 4 rings (SSSR count). The highest BCUT2D eigenvalue weighted by Crippen LogP contribution is 2.18. The smallest absolute Gasteiger partial charge is 0.278 e. The number of amides is 3. The van der Waals surface area contributed by atoms with Gasteiger partial charge in [-0.15, -0.1) is 5.10 Å². The highest BCUT2D eigenvalue weighted by Gasteiger charge is 2.30. The molecule has 16 heteroatoms. The third kappa shape index (κ3) is 12.8. The molecule has 0 saturated carbocycles. The van der Waals surface area contributed by atoms with Gasteiger partial charge in [0.15, 0.2) is 0 Å². The molecule has 1 aliphatic rings. The summed E-state index contributed by atoms with van der Waals surface area (Å²) in [5.74, 6) is -0.740. The summed E-state index contributed by atoms with van der Waals surface area (Å²) in [7, 11) is 0. The quantitative estimate of drug-likeness (QED) is 0.0898. The van der Waals surface area contributed by atoms with Crippen molar-refractivity contribution in [3.05, 3.63) is 58.4 Å². The van der Waals surface area contributed by atoms with Crippen molar-refractivity contribution in [1.82, 2.24) is 20.3 Å². The van der Waals surface area contributed by atoms with Crippen LogP contribution in [0.4, 0.5) is 5.69 Å². The molecule has 1 unspecified atom stereocenters. The number of hydrogen-bond acceptors (Lipinski definition) is 13. The molecule has 49 heavy (non-hydrogen) atoms. The van der Waals surface area contributed by atoms with E-state index in [4.69, 9.17) is 34.2 Å². The first-order valence-corrected chi connectivity index (χ1v) is 16.3. The van der Waals surface area contributed by atoms with E-state index in [0.717, 1.165) is 23.2 Å². The molecule has 1 atom stereocenters. The Morgan fingerprint density at radius 1 is 0.816 bits per heavy atom. The summed E-state index contributed by atoms with van der Waals surface area (Å²) in [6.45, 7) is 5.83. The predicted molar refractivity (Wildman–Crippen MR) is 177 cm³/mol. The number of ether oxygens (including phenoxy) is 6. The molecule has 1 saturated heterocycles. The Bertz CT molecular complexity index is 1550. The number of nitrogens with one attached hydrogen (secondary N) is 2. The molecule has 1 aromatic heterocycles. The van der Waals surface area contributed by atoms with Crippen LogP contribution in [0.5, 0.6) is 5.75 Å². The number of carbonyl (C=O) groups excluding carboxylic acids is 3. The summed E-state index contributed by atoms with van der Waals surface area (Å²) < 4.78 is 34.2. The molecule has 0 aliphatic carbocycles. The van der Waals surface area contributed by atoms with Gasteiger partial charge in [-0.2, -0.15) is 4.68 Å². The van der Waals surface area contributed by atoms with Crippen molar-refractivity contribution in [3.63, 3.8) is 0 Å². The lowest BCUT2D eigenvalue weighted by Crippen LogP contribution is -2.45. The van der Waals surface area contributed by atoms with Crippen molar-refractivity contribution in [2.24, 2.45) is 5.73 Å². The fraction of sp³-hybridized carbons (Fsp3) is 0.515. The molecule has 0 bridgehead atoms. The molecular weight excluding hydrogens is 640 g/mol. The number of unbranched alkanes of at least 4 members (excludes halogenated alkanes) is 1. The molecule has 2 aromatic carbocycles. The van der Waals surface area contributed by atoms with Gasteiger partial charge >= 0.3 is 0 Å². The zero-order valence-electron chi connectivity index (χ0n) is 27.4. The molecular formula is C33H44N6O10. The number of piperidine rings is 1. The second-order valence-corrected chi connectivity index (χ2v) is 11.0. The number of fused-ring (bicyclic) bond motifs is 1. The molecule has 2 heterocycles. The van der Waals surface area contributed by atoms with Crippen LogP contribution in [0.1, 0.15) is 42.1 Å². The summed E-state index contributed by atoms with van der Waals surface area (Å²) in [5.41, 5.74) is 6.41. The van der Waals surface area contributed by atoms with E-state index in [1.807, 2.05) is 6.07 Å². The first-order valence-electron chi connectivity index (χ1n) is 16.3. The Kier molecular flexibility index (Phi) is 15.8. The van der Waals surface area contributed by atoms with Gasteiger partial charge in [0.2, 0.25) is 11.8 Å². The number of nitrogens with two attached hydrogens (primary N) is 1. The molecule has 3 amide bonds. The van der Waals surface area contributed by atoms with Gasteiger partial charge in [0, 0.05) is 30.8 Å². The second-order valence-electron chi connectivity index (χ2n) is 11.0. The van der Waals surface area contributed by atoms with Gasteiger partial charge in [0.25, 0.3) is 11.5 Å². The van der Waals surface area contributed by atoms with Gasteiger partial charge < -0.3 is 39.5 Å². The lowest BCUT2D eigenvalue weighted by molar-refractivity contribution is -0.136. The Labute approximate surface area is 283 Å². The Morgan fingerprint density at radius 2 is 1.43 bits per heavy atom. The largest absolute Gasteiger partial charge is 0.491 e. The average molecular weight is 685 g/mol. The van der Waals surface area contributed by atoms with Gasteiger partial charge in [-0.05, 0) is 61.7 Å². The fourth-order valence-corrected chi connectivity index (χ4v) is 4.76. The summed E-state index contributed by atoms with van der Waals surface area (Å²) in [6.07, 6.45) is 2.07. The van der Waals surface area contributed by atoms with E-state index >= 15 is 0 Å². The van der Waals surface area contributed by atoms with Crippen molar-refractivity contribution in [2.75, 3.05) is 84.5 Å². The number of hydrogen-bond donors (Lipinski definition) is 3. The molecule has 1 aliphatic heterocycles. The SMILES string of the molecule is NC(=O)c1ccc(OCCOCCOCCOCCOCCOCCCCNc2ccc3nnn(C4CCC(=O)NC4=O)c(=O)c3c2)cc1. The highest BCUT2D eigenvalue weighted by atomic mass is 16.6. The first-order chi connectivity index (χ1) is 23.9. The number of anilines is 1. The maximum Gasteiger partial charge on any atom is 0.278 e. The summed E-state index contributed by atoms with van der Waals surface area (Å²) in [5, 5.41) is 13.9. The predicted octanol–water partition coefficient (Wildman–Crippen LogP) is 1.22. The van der Waals surface area contributed by atoms with Crippen LogP contribution in [0.15, 0.2) is 47.3 Å². The number of nitrogens with zero attached hydrogens (tertiary/aromatic N) is 3. The number of imide groups is 1. The van der Waals surface area contributed by atoms with Crippen LogP contribution in [-0.2, 0) is 33.3 Å². The van der Waals surface area contributed by atoms with Crippen LogP contribution < -0.4 is 26.7 Å². The molecule has 1 fully saturated rings. The van der Waals surface area contributed by atoms with Crippen molar-refractivity contribution < 1.29 is 42.8 Å². The van der Waals surface area contributed by atoms with Gasteiger partial charge in [-0.3, -0.25) is 24.5 Å². The number of rotatable bonds is 24. The molecule has 16 nitrogen and oxygen atoms in total. The van der Waals surface area contributed by atoms with Crippen LogP contribution in [0, 0.1) is 0 Å². The van der Waals surface area contributed by atoms with Crippen LogP contribution in [0.25, 0.3) is 10.9 Å². The van der Waals surface area contributed by atoms with Gasteiger partial charge in [0.1, 0.15) is 23.9 Å². The Morgan fingerprint density at radius 3 is 2.04 bits per heavy atom. The van der Waals surface area contributed by atoms with Crippen molar-refractivity contribution in [2.45, 2.75) is 31.7 Å². The van der Waals surface area contributed by atoms with Gasteiger partial charge in [-0.1, -0.05) is 5.21 Å². The number of benzene rings is 2. The van der Waals surface area contributed by atoms with Crippen LogP contribution in [0.3, 0.4) is 0 Å². The molecule has 266 valence electrons. The number of carbonyl (C=O) groups is 3. The Hall–Kier alpha value is -4.48. The van der Waals surface area contributed by atoms with Crippen LogP contribution in [-0.4, -0.2) is 112 Å². The van der Waals surface area contributed by atoms with Gasteiger partial charge in [0.05, 0.1) is 64.8 Å². The van der Waals surface area contributed by atoms with Crippen molar-refractivity contribution >= 4 is 34.3 Å². The average Bonchev–Trinajstić information content (AvgIpc) is 3.10. The standard InChI is InChI=1S/C33H44N6O10/c34-31(41)24-3-6-26(7-4-24)49-22-21-48-20-19-47-18-17-46-16-15-45-14-13-44-12-2-1-11-35-25-5-8-28-27(23-25)33(43)39(38-37-28)29-9-10-30(40)36-32(29)42/h3-8,23,29,35H,1-2,9-22H2,(H2,34,41)(H,36,40,42). The molecule has 3 aromatic rings. The third-order valence-electron chi connectivity index (χ3n) is 7.36. The zero-order chi connectivity index (χ0) is 34.7. The van der Waals surface area contributed by atoms with E-state index in [1.165, 1.54) is 0 Å². The minimum absolute atomic E-state index is 0.144. The fourth-order valence-electron chi connectivity index (χ4n) is 4.76. The number of aromatic nitrogens is 3. The molecule has 0 spiro atoms. The third-order valence-corrected chi connectivity index (χ3v) is 7.36. The summed E-state index contributed by atoms with van der Waals surface area (Å²) >= 11 is 0. The van der Waals surface area contributed by atoms with E-state index in [-0.39, 0.29) is 18.7 Å². The van der Waals surface area contributed by atoms with E-state index in [9.17, 15) is 19.2 Å². The molecule has 0 radical (unpaired) electrons.